The van der Waals surface area contributed by atoms with Gasteiger partial charge in [-0.25, -0.2) is 13.8 Å². The molecule has 0 radical (unpaired) electrons. The second kappa shape index (κ2) is 6.13. The molecule has 2 bridgehead atoms. The Bertz CT molecular complexity index is 812. The maximum absolute atomic E-state index is 14.6. The summed E-state index contributed by atoms with van der Waals surface area (Å²) >= 11 is 0. The zero-order valence-corrected chi connectivity index (χ0v) is 15.0. The van der Waals surface area contributed by atoms with Crippen molar-refractivity contribution in [3.63, 3.8) is 0 Å². The summed E-state index contributed by atoms with van der Waals surface area (Å²) < 4.78 is 30.5. The van der Waals surface area contributed by atoms with Gasteiger partial charge in [0.2, 0.25) is 0 Å². The number of piperidine rings is 3. The predicted molar refractivity (Wildman–Crippen MR) is 94.6 cm³/mol. The molecule has 4 nitrogen and oxygen atoms in total. The Morgan fingerprint density at radius 2 is 1.96 bits per heavy atom. The van der Waals surface area contributed by atoms with Gasteiger partial charge in [0.05, 0.1) is 6.54 Å². The second-order valence-electron chi connectivity index (χ2n) is 7.99. The van der Waals surface area contributed by atoms with E-state index in [1.165, 1.54) is 18.9 Å². The molecule has 1 aromatic heterocycles. The molecule has 6 heteroatoms. The largest absolute Gasteiger partial charge is 0.337 e. The van der Waals surface area contributed by atoms with E-state index in [0.29, 0.717) is 17.5 Å². The van der Waals surface area contributed by atoms with Crippen molar-refractivity contribution in [1.29, 1.82) is 0 Å². The molecule has 4 aliphatic rings. The van der Waals surface area contributed by atoms with Gasteiger partial charge in [0.15, 0.2) is 11.6 Å². The van der Waals surface area contributed by atoms with Gasteiger partial charge in [-0.05, 0) is 43.5 Å². The van der Waals surface area contributed by atoms with Crippen molar-refractivity contribution in [1.82, 2.24) is 19.4 Å². The monoisotopic (exact) mass is 358 g/mol. The van der Waals surface area contributed by atoms with Crippen LogP contribution in [-0.2, 0) is 13.6 Å². The lowest BCUT2D eigenvalue weighted by Gasteiger charge is -2.51. The van der Waals surface area contributed by atoms with Crippen molar-refractivity contribution in [3.8, 4) is 0 Å². The van der Waals surface area contributed by atoms with Gasteiger partial charge in [0.25, 0.3) is 0 Å². The van der Waals surface area contributed by atoms with E-state index in [4.69, 9.17) is 0 Å². The smallest absolute Gasteiger partial charge is 0.162 e. The molecule has 138 valence electrons. The summed E-state index contributed by atoms with van der Waals surface area (Å²) in [6.45, 7) is 3.68. The number of nitrogens with zero attached hydrogens (tertiary/aromatic N) is 4. The lowest BCUT2D eigenvalue weighted by Crippen LogP contribution is -2.60. The molecule has 0 spiro atoms. The lowest BCUT2D eigenvalue weighted by molar-refractivity contribution is -0.00965. The van der Waals surface area contributed by atoms with Gasteiger partial charge in [-0.15, -0.1) is 0 Å². The summed E-state index contributed by atoms with van der Waals surface area (Å²) in [5.74, 6) is 0.279. The summed E-state index contributed by atoms with van der Waals surface area (Å²) in [4.78, 5) is 9.46. The van der Waals surface area contributed by atoms with Crippen LogP contribution in [0.2, 0.25) is 0 Å². The molecule has 6 rings (SSSR count). The fraction of sp³-hybridized carbons (Fsp3) is 0.550. The van der Waals surface area contributed by atoms with Gasteiger partial charge >= 0.3 is 0 Å². The van der Waals surface area contributed by atoms with Crippen LogP contribution >= 0.6 is 0 Å². The quantitative estimate of drug-likeness (QED) is 0.843. The molecule has 4 aliphatic heterocycles. The third-order valence-electron chi connectivity index (χ3n) is 6.74. The van der Waals surface area contributed by atoms with Gasteiger partial charge in [0, 0.05) is 44.0 Å². The van der Waals surface area contributed by atoms with Crippen molar-refractivity contribution in [2.75, 3.05) is 19.6 Å². The third-order valence-corrected chi connectivity index (χ3v) is 6.74. The molecule has 26 heavy (non-hydrogen) atoms. The van der Waals surface area contributed by atoms with Crippen molar-refractivity contribution in [3.05, 3.63) is 53.6 Å². The Labute approximate surface area is 152 Å². The average molecular weight is 358 g/mol. The molecule has 0 aliphatic carbocycles. The molecule has 0 unspecified atom stereocenters. The number of benzene rings is 1. The second-order valence-corrected chi connectivity index (χ2v) is 7.99. The first kappa shape index (κ1) is 16.4. The van der Waals surface area contributed by atoms with Crippen LogP contribution in [0.5, 0.6) is 0 Å². The first-order valence-corrected chi connectivity index (χ1v) is 9.51. The van der Waals surface area contributed by atoms with Gasteiger partial charge in [0.1, 0.15) is 5.82 Å². The zero-order chi connectivity index (χ0) is 17.8. The highest BCUT2D eigenvalue weighted by atomic mass is 19.2. The Balaban J connectivity index is 1.52. The topological polar surface area (TPSA) is 24.3 Å². The highest BCUT2D eigenvalue weighted by molar-refractivity contribution is 5.29. The van der Waals surface area contributed by atoms with Crippen LogP contribution in [0, 0.1) is 17.6 Å². The normalized spacial score (nSPS) is 33.6. The van der Waals surface area contributed by atoms with Crippen molar-refractivity contribution >= 4 is 0 Å². The first-order chi connectivity index (χ1) is 12.6. The Kier molecular flexibility index (Phi) is 3.87. The van der Waals surface area contributed by atoms with Crippen molar-refractivity contribution in [2.45, 2.75) is 37.4 Å². The van der Waals surface area contributed by atoms with E-state index in [2.05, 4.69) is 14.8 Å². The number of rotatable bonds is 3. The molecule has 0 amide bonds. The van der Waals surface area contributed by atoms with Gasteiger partial charge < -0.3 is 4.57 Å². The lowest BCUT2D eigenvalue weighted by atomic mass is 9.75. The number of hydrogen-bond donors (Lipinski definition) is 0. The summed E-state index contributed by atoms with van der Waals surface area (Å²) in [5.41, 5.74) is 0.537. The molecule has 0 N–H and O–H groups in total. The van der Waals surface area contributed by atoms with E-state index < -0.39 is 11.6 Å². The number of imidazole rings is 1. The summed E-state index contributed by atoms with van der Waals surface area (Å²) in [5, 5.41) is 0. The van der Waals surface area contributed by atoms with Gasteiger partial charge in [-0.3, -0.25) is 9.80 Å². The number of fused-ring (bicyclic) bond motifs is 2. The van der Waals surface area contributed by atoms with Crippen molar-refractivity contribution < 1.29 is 8.78 Å². The van der Waals surface area contributed by atoms with Crippen LogP contribution in [-0.4, -0.2) is 51.1 Å². The van der Waals surface area contributed by atoms with E-state index in [1.807, 2.05) is 24.0 Å². The van der Waals surface area contributed by atoms with E-state index in [9.17, 15) is 8.78 Å². The maximum atomic E-state index is 14.6. The molecule has 4 fully saturated rings. The minimum atomic E-state index is -0.738. The molecule has 4 saturated heterocycles. The van der Waals surface area contributed by atoms with E-state index in [-0.39, 0.29) is 12.0 Å². The maximum Gasteiger partial charge on any atom is 0.162 e. The van der Waals surface area contributed by atoms with E-state index in [0.717, 1.165) is 32.0 Å². The molecule has 5 heterocycles. The average Bonchev–Trinajstić information content (AvgIpc) is 3.24. The Hall–Kier alpha value is -1.79. The van der Waals surface area contributed by atoms with Crippen LogP contribution in [0.4, 0.5) is 8.78 Å². The number of aryl methyl sites for hydroxylation is 1. The van der Waals surface area contributed by atoms with Crippen LogP contribution in [0.25, 0.3) is 0 Å². The third kappa shape index (κ3) is 2.42. The van der Waals surface area contributed by atoms with E-state index >= 15 is 0 Å². The first-order valence-electron chi connectivity index (χ1n) is 9.51. The van der Waals surface area contributed by atoms with Gasteiger partial charge in [-0.2, -0.15) is 0 Å². The highest BCUT2D eigenvalue weighted by Crippen LogP contribution is 2.47. The molecule has 2 aromatic rings. The number of aromatic nitrogens is 2. The fourth-order valence-electron chi connectivity index (χ4n) is 5.53. The predicted octanol–water partition coefficient (Wildman–Crippen LogP) is 2.76. The number of hydrogen-bond acceptors (Lipinski definition) is 3. The summed E-state index contributed by atoms with van der Waals surface area (Å²) in [6.07, 6.45) is 6.19. The van der Waals surface area contributed by atoms with Crippen molar-refractivity contribution in [2.24, 2.45) is 13.0 Å². The van der Waals surface area contributed by atoms with Gasteiger partial charge in [-0.1, -0.05) is 12.1 Å². The molecule has 0 saturated carbocycles. The molecular weight excluding hydrogens is 334 g/mol. The standard InChI is InChI=1S/C20H24F2N4/c1-24-10-7-23-17(24)12-26-11-15(14-3-2-4-16(21)18(14)22)20-19(26)13-5-8-25(20)9-6-13/h2-4,7,10,13,15,19-20H,5-6,8-9,11-12H2,1H3/t15-,19-,20-/m1/s1. The molecule has 3 atom stereocenters. The van der Waals surface area contributed by atoms with Crippen LogP contribution < -0.4 is 0 Å². The van der Waals surface area contributed by atoms with Crippen LogP contribution in [0.1, 0.15) is 30.1 Å². The number of likely N-dealkylation sites (tertiary alicyclic amines) is 1. The van der Waals surface area contributed by atoms with E-state index in [1.54, 1.807) is 12.1 Å². The van der Waals surface area contributed by atoms with Crippen LogP contribution in [0.3, 0.4) is 0 Å². The minimum absolute atomic E-state index is 0.0130. The minimum Gasteiger partial charge on any atom is -0.337 e. The Morgan fingerprint density at radius 1 is 1.15 bits per heavy atom. The van der Waals surface area contributed by atoms with Crippen LogP contribution in [0.15, 0.2) is 30.6 Å². The summed E-state index contributed by atoms with van der Waals surface area (Å²) in [6, 6.07) is 5.31. The fourth-order valence-corrected chi connectivity index (χ4v) is 5.53. The zero-order valence-electron chi connectivity index (χ0n) is 15.0. The Morgan fingerprint density at radius 3 is 2.69 bits per heavy atom. The molecule has 1 aromatic carbocycles. The molecular formula is C20H24F2N4. The summed E-state index contributed by atoms with van der Waals surface area (Å²) in [7, 11) is 2.01. The SMILES string of the molecule is Cn1ccnc1CN1C[C@H](c2cccc(F)c2F)[C@@H]2[C@H]1C1CCN2CC1. The number of halogens is 2. The highest BCUT2D eigenvalue weighted by Gasteiger charge is 2.53.